The molecule has 1 heterocycles. The second-order valence-corrected chi connectivity index (χ2v) is 2.94. The molecule has 0 fully saturated rings. The van der Waals surface area contributed by atoms with Gasteiger partial charge in [0.2, 0.25) is 5.91 Å². The largest absolute Gasteiger partial charge is 0.480 e. The average molecular weight is 209 g/mol. The highest BCUT2D eigenvalue weighted by Crippen LogP contribution is 2.02. The first-order valence-corrected chi connectivity index (χ1v) is 4.28. The van der Waals surface area contributed by atoms with Crippen LogP contribution in [0.5, 0.6) is 0 Å². The summed E-state index contributed by atoms with van der Waals surface area (Å²) < 4.78 is 4.97. The van der Waals surface area contributed by atoms with Crippen molar-refractivity contribution < 1.29 is 19.1 Å². The topological polar surface area (TPSA) is 70.8 Å². The summed E-state index contributed by atoms with van der Waals surface area (Å²) in [5.74, 6) is -0.877. The van der Waals surface area contributed by atoms with Gasteiger partial charge in [-0.15, -0.1) is 0 Å². The Kier molecular flexibility index (Phi) is 3.68. The Bertz CT molecular complexity index is 367. The molecule has 0 unspecified atom stereocenters. The second kappa shape index (κ2) is 4.99. The summed E-state index contributed by atoms with van der Waals surface area (Å²) in [6.45, 7) is -0.318. The Labute approximate surface area is 86.6 Å². The van der Waals surface area contributed by atoms with E-state index < -0.39 is 5.97 Å². The standard InChI is InChI=1S/C10H11NO4/c1-11(7-10(13)14)9(12)5-4-8-3-2-6-15-8/h2-6H,7H2,1H3,(H,13,14)/b5-4+. The number of aliphatic carboxylic acids is 1. The number of carboxylic acid groups (broad SMARTS) is 1. The molecule has 0 saturated heterocycles. The van der Waals surface area contributed by atoms with E-state index in [2.05, 4.69) is 0 Å². The number of amides is 1. The first-order valence-electron chi connectivity index (χ1n) is 4.28. The summed E-state index contributed by atoms with van der Waals surface area (Å²) >= 11 is 0. The maximum Gasteiger partial charge on any atom is 0.323 e. The van der Waals surface area contributed by atoms with Crippen molar-refractivity contribution in [3.05, 3.63) is 30.2 Å². The van der Waals surface area contributed by atoms with E-state index in [1.807, 2.05) is 0 Å². The maximum atomic E-state index is 11.3. The lowest BCUT2D eigenvalue weighted by Crippen LogP contribution is -2.30. The lowest BCUT2D eigenvalue weighted by atomic mass is 10.3. The number of hydrogen-bond donors (Lipinski definition) is 1. The summed E-state index contributed by atoms with van der Waals surface area (Å²) in [4.78, 5) is 22.7. The molecule has 0 radical (unpaired) electrons. The van der Waals surface area contributed by atoms with Crippen LogP contribution in [0.25, 0.3) is 6.08 Å². The lowest BCUT2D eigenvalue weighted by Gasteiger charge is -2.10. The fourth-order valence-corrected chi connectivity index (χ4v) is 0.948. The molecule has 5 nitrogen and oxygen atoms in total. The smallest absolute Gasteiger partial charge is 0.323 e. The van der Waals surface area contributed by atoms with Crippen LogP contribution < -0.4 is 0 Å². The van der Waals surface area contributed by atoms with Gasteiger partial charge in [0, 0.05) is 13.1 Å². The molecule has 1 aromatic heterocycles. The van der Waals surface area contributed by atoms with Crippen molar-refractivity contribution in [1.82, 2.24) is 4.90 Å². The molecular formula is C10H11NO4. The van der Waals surface area contributed by atoms with Gasteiger partial charge in [0.15, 0.2) is 0 Å². The number of hydrogen-bond acceptors (Lipinski definition) is 3. The number of carboxylic acids is 1. The van der Waals surface area contributed by atoms with E-state index in [9.17, 15) is 9.59 Å². The summed E-state index contributed by atoms with van der Waals surface area (Å²) in [5.41, 5.74) is 0. The summed E-state index contributed by atoms with van der Waals surface area (Å²) in [5, 5.41) is 8.45. The molecular weight excluding hydrogens is 198 g/mol. The van der Waals surface area contributed by atoms with Crippen LogP contribution in [-0.2, 0) is 9.59 Å². The Morgan fingerprint density at radius 1 is 1.60 bits per heavy atom. The van der Waals surface area contributed by atoms with Gasteiger partial charge in [0.25, 0.3) is 0 Å². The SMILES string of the molecule is CN(CC(=O)O)C(=O)/C=C/c1ccco1. The quantitative estimate of drug-likeness (QED) is 0.746. The van der Waals surface area contributed by atoms with Crippen LogP contribution in [0.4, 0.5) is 0 Å². The van der Waals surface area contributed by atoms with Crippen LogP contribution >= 0.6 is 0 Å². The van der Waals surface area contributed by atoms with Crippen molar-refractivity contribution in [3.8, 4) is 0 Å². The Morgan fingerprint density at radius 3 is 2.87 bits per heavy atom. The van der Waals surface area contributed by atoms with E-state index in [4.69, 9.17) is 9.52 Å². The highest BCUT2D eigenvalue weighted by Gasteiger charge is 2.08. The van der Waals surface area contributed by atoms with Gasteiger partial charge < -0.3 is 14.4 Å². The van der Waals surface area contributed by atoms with Crippen molar-refractivity contribution in [2.24, 2.45) is 0 Å². The van der Waals surface area contributed by atoms with Crippen molar-refractivity contribution in [2.45, 2.75) is 0 Å². The van der Waals surface area contributed by atoms with E-state index in [0.717, 1.165) is 4.90 Å². The molecule has 0 bridgehead atoms. The third kappa shape index (κ3) is 3.68. The van der Waals surface area contributed by atoms with Gasteiger partial charge in [-0.05, 0) is 18.2 Å². The van der Waals surface area contributed by atoms with Gasteiger partial charge in [-0.3, -0.25) is 9.59 Å². The molecule has 15 heavy (non-hydrogen) atoms. The monoisotopic (exact) mass is 209 g/mol. The minimum atomic E-state index is -1.04. The molecule has 0 atom stereocenters. The van der Waals surface area contributed by atoms with Crippen molar-refractivity contribution in [1.29, 1.82) is 0 Å². The van der Waals surface area contributed by atoms with Crippen LogP contribution in [0, 0.1) is 0 Å². The minimum absolute atomic E-state index is 0.318. The molecule has 1 aromatic rings. The van der Waals surface area contributed by atoms with Gasteiger partial charge in [-0.1, -0.05) is 0 Å². The minimum Gasteiger partial charge on any atom is -0.480 e. The zero-order valence-electron chi connectivity index (χ0n) is 8.21. The van der Waals surface area contributed by atoms with Crippen LogP contribution in [0.3, 0.4) is 0 Å². The number of furan rings is 1. The summed E-state index contributed by atoms with van der Waals surface area (Å²) in [6, 6.07) is 3.39. The molecule has 0 aromatic carbocycles. The number of carbonyl (C=O) groups excluding carboxylic acids is 1. The summed E-state index contributed by atoms with van der Waals surface area (Å²) in [7, 11) is 1.42. The highest BCUT2D eigenvalue weighted by atomic mass is 16.4. The molecule has 0 aliphatic carbocycles. The molecule has 0 aliphatic rings. The van der Waals surface area contributed by atoms with Crippen LogP contribution in [0.15, 0.2) is 28.9 Å². The first-order chi connectivity index (χ1) is 7.09. The number of nitrogens with zero attached hydrogens (tertiary/aromatic N) is 1. The molecule has 80 valence electrons. The third-order valence-electron chi connectivity index (χ3n) is 1.68. The third-order valence-corrected chi connectivity index (χ3v) is 1.68. The van der Waals surface area contributed by atoms with Gasteiger partial charge in [-0.25, -0.2) is 0 Å². The molecule has 1 rings (SSSR count). The predicted octanol–water partition coefficient (Wildman–Crippen LogP) is 0.836. The van der Waals surface area contributed by atoms with Crippen molar-refractivity contribution in [3.63, 3.8) is 0 Å². The van der Waals surface area contributed by atoms with E-state index in [1.54, 1.807) is 12.1 Å². The predicted molar refractivity (Wildman–Crippen MR) is 53.0 cm³/mol. The molecule has 1 amide bonds. The maximum absolute atomic E-state index is 11.3. The first kappa shape index (κ1) is 11.0. The van der Waals surface area contributed by atoms with E-state index in [0.29, 0.717) is 5.76 Å². The van der Waals surface area contributed by atoms with Crippen LogP contribution in [0.2, 0.25) is 0 Å². The zero-order valence-corrected chi connectivity index (χ0v) is 8.21. The Hall–Kier alpha value is -2.04. The molecule has 1 N–H and O–H groups in total. The van der Waals surface area contributed by atoms with Crippen molar-refractivity contribution in [2.75, 3.05) is 13.6 Å². The fraction of sp³-hybridized carbons (Fsp3) is 0.200. The van der Waals surface area contributed by atoms with Crippen LogP contribution in [-0.4, -0.2) is 35.5 Å². The molecule has 0 spiro atoms. The van der Waals surface area contributed by atoms with Crippen LogP contribution in [0.1, 0.15) is 5.76 Å². The number of rotatable bonds is 4. The second-order valence-electron chi connectivity index (χ2n) is 2.94. The molecule has 0 aliphatic heterocycles. The average Bonchev–Trinajstić information content (AvgIpc) is 2.65. The van der Waals surface area contributed by atoms with Gasteiger partial charge in [0.1, 0.15) is 12.3 Å². The molecule has 0 saturated carbocycles. The van der Waals surface area contributed by atoms with Gasteiger partial charge in [0.05, 0.1) is 6.26 Å². The van der Waals surface area contributed by atoms with Gasteiger partial charge in [-0.2, -0.15) is 0 Å². The van der Waals surface area contributed by atoms with E-state index in [1.165, 1.54) is 25.5 Å². The highest BCUT2D eigenvalue weighted by molar-refractivity contribution is 5.93. The molecule has 5 heteroatoms. The zero-order chi connectivity index (χ0) is 11.3. The number of likely N-dealkylation sites (N-methyl/N-ethyl adjacent to an activating group) is 1. The van der Waals surface area contributed by atoms with Crippen molar-refractivity contribution >= 4 is 18.0 Å². The normalized spacial score (nSPS) is 10.5. The fourth-order valence-electron chi connectivity index (χ4n) is 0.948. The van der Waals surface area contributed by atoms with Gasteiger partial charge >= 0.3 is 5.97 Å². The Balaban J connectivity index is 2.51. The lowest BCUT2D eigenvalue weighted by molar-refractivity contribution is -0.141. The summed E-state index contributed by atoms with van der Waals surface area (Å²) in [6.07, 6.45) is 4.24. The number of carbonyl (C=O) groups is 2. The van der Waals surface area contributed by atoms with E-state index >= 15 is 0 Å². The Morgan fingerprint density at radius 2 is 2.33 bits per heavy atom. The van der Waals surface area contributed by atoms with E-state index in [-0.39, 0.29) is 12.5 Å².